The van der Waals surface area contributed by atoms with Gasteiger partial charge in [-0.25, -0.2) is 9.97 Å². The molecular formula is C18H16N4O6S. The van der Waals surface area contributed by atoms with Gasteiger partial charge in [0.15, 0.2) is 22.1 Å². The number of carbonyl (C=O) groups excluding carboxylic acids is 1. The summed E-state index contributed by atoms with van der Waals surface area (Å²) in [6, 6.07) is 6.62. The number of ketones is 1. The SMILES string of the molecule is COc1ccc(C(=O)CSc2nc3[nH]c(=O)c(CCC(=O)O)nc3c(=O)[nH]2)cc1. The molecule has 0 aliphatic heterocycles. The van der Waals surface area contributed by atoms with E-state index in [4.69, 9.17) is 9.84 Å². The topological polar surface area (TPSA) is 155 Å². The highest BCUT2D eigenvalue weighted by atomic mass is 32.2. The number of aromatic nitrogens is 4. The second-order valence-electron chi connectivity index (χ2n) is 5.92. The lowest BCUT2D eigenvalue weighted by molar-refractivity contribution is -0.136. The summed E-state index contributed by atoms with van der Waals surface area (Å²) in [5.41, 5.74) is -0.903. The largest absolute Gasteiger partial charge is 0.497 e. The van der Waals surface area contributed by atoms with Crippen LogP contribution in [0.5, 0.6) is 5.75 Å². The Bertz CT molecular complexity index is 1190. The quantitative estimate of drug-likeness (QED) is 0.277. The van der Waals surface area contributed by atoms with Gasteiger partial charge < -0.3 is 14.8 Å². The van der Waals surface area contributed by atoms with Crippen LogP contribution >= 0.6 is 11.8 Å². The number of thioether (sulfide) groups is 1. The van der Waals surface area contributed by atoms with E-state index in [2.05, 4.69) is 19.9 Å². The second kappa shape index (κ2) is 8.69. The number of H-pyrrole nitrogens is 2. The molecule has 11 heteroatoms. The highest BCUT2D eigenvalue weighted by Gasteiger charge is 2.13. The van der Waals surface area contributed by atoms with Crippen LogP contribution in [0.3, 0.4) is 0 Å². The number of methoxy groups -OCH3 is 1. The van der Waals surface area contributed by atoms with Crippen molar-refractivity contribution < 1.29 is 19.4 Å². The van der Waals surface area contributed by atoms with Gasteiger partial charge in [-0.2, -0.15) is 0 Å². The number of aryl methyl sites for hydroxylation is 1. The van der Waals surface area contributed by atoms with E-state index >= 15 is 0 Å². The average molecular weight is 416 g/mol. The summed E-state index contributed by atoms with van der Waals surface area (Å²) in [6.07, 6.45) is -0.388. The number of carboxylic acids is 1. The fourth-order valence-corrected chi connectivity index (χ4v) is 3.22. The molecule has 1 aromatic carbocycles. The lowest BCUT2D eigenvalue weighted by Gasteiger charge is -2.05. The Hall–Kier alpha value is -3.47. The minimum absolute atomic E-state index is 0.0229. The van der Waals surface area contributed by atoms with E-state index in [0.29, 0.717) is 11.3 Å². The van der Waals surface area contributed by atoms with Crippen molar-refractivity contribution >= 4 is 34.7 Å². The molecule has 10 nitrogen and oxygen atoms in total. The maximum absolute atomic E-state index is 12.3. The van der Waals surface area contributed by atoms with E-state index in [1.165, 1.54) is 7.11 Å². The first-order chi connectivity index (χ1) is 13.9. The van der Waals surface area contributed by atoms with Gasteiger partial charge in [0, 0.05) is 12.0 Å². The van der Waals surface area contributed by atoms with Crippen LogP contribution in [0.25, 0.3) is 11.2 Å². The number of hydrogen-bond acceptors (Lipinski definition) is 8. The van der Waals surface area contributed by atoms with Crippen molar-refractivity contribution in [1.29, 1.82) is 0 Å². The Morgan fingerprint density at radius 1 is 1.10 bits per heavy atom. The number of hydrogen-bond donors (Lipinski definition) is 3. The van der Waals surface area contributed by atoms with Gasteiger partial charge in [-0.1, -0.05) is 11.8 Å². The summed E-state index contributed by atoms with van der Waals surface area (Å²) in [6.45, 7) is 0. The summed E-state index contributed by atoms with van der Waals surface area (Å²) in [4.78, 5) is 60.3. The molecule has 0 unspecified atom stereocenters. The number of carboxylic acid groups (broad SMARTS) is 1. The van der Waals surface area contributed by atoms with Crippen LogP contribution < -0.4 is 15.9 Å². The molecule has 0 atom stereocenters. The number of aliphatic carboxylic acids is 1. The zero-order valence-electron chi connectivity index (χ0n) is 15.2. The first-order valence-corrected chi connectivity index (χ1v) is 9.41. The van der Waals surface area contributed by atoms with E-state index in [0.717, 1.165) is 11.8 Å². The van der Waals surface area contributed by atoms with Gasteiger partial charge in [0.1, 0.15) is 11.4 Å². The zero-order chi connectivity index (χ0) is 21.0. The van der Waals surface area contributed by atoms with Gasteiger partial charge >= 0.3 is 5.97 Å². The Kier molecular flexibility index (Phi) is 6.07. The molecule has 0 saturated heterocycles. The average Bonchev–Trinajstić information content (AvgIpc) is 2.70. The Balaban J connectivity index is 1.78. The number of carbonyl (C=O) groups is 2. The number of rotatable bonds is 8. The van der Waals surface area contributed by atoms with Crippen molar-refractivity contribution in [2.45, 2.75) is 18.0 Å². The molecule has 0 bridgehead atoms. The maximum Gasteiger partial charge on any atom is 0.303 e. The molecular weight excluding hydrogens is 400 g/mol. The molecule has 3 aromatic rings. The van der Waals surface area contributed by atoms with E-state index < -0.39 is 17.1 Å². The van der Waals surface area contributed by atoms with Crippen LogP contribution in [0.1, 0.15) is 22.5 Å². The van der Waals surface area contributed by atoms with Crippen LogP contribution in [-0.4, -0.2) is 49.7 Å². The Labute approximate surface area is 167 Å². The predicted molar refractivity (Wildman–Crippen MR) is 105 cm³/mol. The minimum atomic E-state index is -1.08. The molecule has 0 spiro atoms. The van der Waals surface area contributed by atoms with Crippen LogP contribution in [0.4, 0.5) is 0 Å². The molecule has 150 valence electrons. The monoisotopic (exact) mass is 416 g/mol. The third kappa shape index (κ3) is 4.88. The number of Topliss-reactive ketones (excluding diaryl/α,β-unsaturated/α-hetero) is 1. The Morgan fingerprint density at radius 3 is 2.48 bits per heavy atom. The first kappa shape index (κ1) is 20.3. The van der Waals surface area contributed by atoms with Gasteiger partial charge in [0.2, 0.25) is 0 Å². The molecule has 2 heterocycles. The zero-order valence-corrected chi connectivity index (χ0v) is 16.0. The smallest absolute Gasteiger partial charge is 0.303 e. The maximum atomic E-state index is 12.3. The number of aromatic amines is 2. The van der Waals surface area contributed by atoms with Gasteiger partial charge in [0.05, 0.1) is 19.3 Å². The van der Waals surface area contributed by atoms with Gasteiger partial charge in [-0.3, -0.25) is 24.2 Å². The van der Waals surface area contributed by atoms with Gasteiger partial charge in [-0.15, -0.1) is 0 Å². The van der Waals surface area contributed by atoms with Crippen molar-refractivity contribution in [1.82, 2.24) is 19.9 Å². The third-order valence-corrected chi connectivity index (χ3v) is 4.81. The summed E-state index contributed by atoms with van der Waals surface area (Å²) in [7, 11) is 1.53. The van der Waals surface area contributed by atoms with Gasteiger partial charge in [0.25, 0.3) is 11.1 Å². The molecule has 0 saturated carbocycles. The van der Waals surface area contributed by atoms with Crippen molar-refractivity contribution in [2.75, 3.05) is 12.9 Å². The first-order valence-electron chi connectivity index (χ1n) is 8.42. The highest BCUT2D eigenvalue weighted by molar-refractivity contribution is 7.99. The summed E-state index contributed by atoms with van der Waals surface area (Å²) in [5, 5.41) is 8.88. The summed E-state index contributed by atoms with van der Waals surface area (Å²) >= 11 is 1.01. The van der Waals surface area contributed by atoms with E-state index in [9.17, 15) is 19.2 Å². The molecule has 0 aliphatic rings. The molecule has 29 heavy (non-hydrogen) atoms. The lowest BCUT2D eigenvalue weighted by Crippen LogP contribution is -2.21. The molecule has 0 fully saturated rings. The fourth-order valence-electron chi connectivity index (χ4n) is 2.46. The Morgan fingerprint density at radius 2 is 1.83 bits per heavy atom. The summed E-state index contributed by atoms with van der Waals surface area (Å²) < 4.78 is 5.05. The van der Waals surface area contributed by atoms with Crippen molar-refractivity contribution in [3.63, 3.8) is 0 Å². The van der Waals surface area contributed by atoms with Crippen LogP contribution in [-0.2, 0) is 11.2 Å². The number of ether oxygens (including phenoxy) is 1. The molecule has 3 N–H and O–H groups in total. The van der Waals surface area contributed by atoms with E-state index in [1.807, 2.05) is 0 Å². The number of fused-ring (bicyclic) bond motifs is 1. The van der Waals surface area contributed by atoms with E-state index in [-0.39, 0.29) is 46.4 Å². The fraction of sp³-hybridized carbons (Fsp3) is 0.222. The van der Waals surface area contributed by atoms with Gasteiger partial charge in [-0.05, 0) is 24.3 Å². The van der Waals surface area contributed by atoms with Crippen LogP contribution in [0.15, 0.2) is 39.0 Å². The van der Waals surface area contributed by atoms with Crippen molar-refractivity contribution in [3.05, 3.63) is 56.2 Å². The van der Waals surface area contributed by atoms with E-state index in [1.54, 1.807) is 24.3 Å². The second-order valence-corrected chi connectivity index (χ2v) is 6.88. The molecule has 2 aromatic heterocycles. The molecule has 0 amide bonds. The van der Waals surface area contributed by atoms with Crippen molar-refractivity contribution in [2.24, 2.45) is 0 Å². The van der Waals surface area contributed by atoms with Crippen LogP contribution in [0.2, 0.25) is 0 Å². The standard InChI is InChI=1S/C18H16N4O6S/c1-28-10-4-2-9(3-5-10)12(23)8-29-18-21-15-14(17(27)22-18)19-11(16(26)20-15)6-7-13(24)25/h2-5H,6-8H2,1H3,(H,24,25)(H2,20,21,22,26,27). The van der Waals surface area contributed by atoms with Crippen molar-refractivity contribution in [3.8, 4) is 5.75 Å². The number of nitrogens with zero attached hydrogens (tertiary/aromatic N) is 2. The molecule has 3 rings (SSSR count). The third-order valence-electron chi connectivity index (χ3n) is 3.94. The minimum Gasteiger partial charge on any atom is -0.497 e. The van der Waals surface area contributed by atoms with Crippen LogP contribution in [0, 0.1) is 0 Å². The highest BCUT2D eigenvalue weighted by Crippen LogP contribution is 2.17. The lowest BCUT2D eigenvalue weighted by atomic mass is 10.1. The summed E-state index contributed by atoms with van der Waals surface area (Å²) in [5.74, 6) is -0.591. The molecule has 0 aliphatic carbocycles. The normalized spacial score (nSPS) is 10.8. The molecule has 0 radical (unpaired) electrons. The number of benzene rings is 1. The number of nitrogens with one attached hydrogen (secondary N) is 2. The predicted octanol–water partition coefficient (Wildman–Crippen LogP) is 1.01.